The van der Waals surface area contributed by atoms with Gasteiger partial charge < -0.3 is 35.6 Å². The van der Waals surface area contributed by atoms with Crippen LogP contribution < -0.4 is 20.9 Å². The van der Waals surface area contributed by atoms with Crippen LogP contribution in [0.15, 0.2) is 259 Å². The molecule has 642 valence electrons. The van der Waals surface area contributed by atoms with Crippen molar-refractivity contribution in [2.24, 2.45) is 0 Å². The molecule has 2 fully saturated rings. The van der Waals surface area contributed by atoms with Crippen LogP contribution in [0.2, 0.25) is 5.15 Å². The van der Waals surface area contributed by atoms with Crippen molar-refractivity contribution in [1.82, 2.24) is 59.6 Å². The smallest absolute Gasteiger partial charge is 0.211 e. The molecule has 2 aliphatic heterocycles. The lowest BCUT2D eigenvalue weighted by molar-refractivity contribution is -0.105. The second-order valence-electron chi connectivity index (χ2n) is 31.8. The summed E-state index contributed by atoms with van der Waals surface area (Å²) in [6.07, 6.45) is 11.0. The van der Waals surface area contributed by atoms with Gasteiger partial charge in [-0.1, -0.05) is 54.1 Å². The van der Waals surface area contributed by atoms with Crippen LogP contribution in [0.1, 0.15) is 34.2 Å². The quantitative estimate of drug-likeness (QED) is 0.0283. The second kappa shape index (κ2) is 39.9. The summed E-state index contributed by atoms with van der Waals surface area (Å²) in [5.74, 6) is -0.853. The molecule has 18 aromatic rings. The number of thiazole rings is 4. The first kappa shape index (κ1) is 87.1. The van der Waals surface area contributed by atoms with E-state index in [4.69, 9.17) is 31.5 Å². The Morgan fingerprint density at radius 3 is 1.16 bits per heavy atom. The number of carbonyl (C=O) groups is 1. The topological polar surface area (TPSA) is 182 Å². The molecular weight excluding hydrogens is 1700 g/mol. The fourth-order valence-corrected chi connectivity index (χ4v) is 18.6. The Hall–Kier alpha value is -13.0. The molecule has 26 heteroatoms. The summed E-state index contributed by atoms with van der Waals surface area (Å²) in [6, 6.07) is 65.5. The van der Waals surface area contributed by atoms with Crippen LogP contribution in [0.3, 0.4) is 0 Å². The third-order valence-corrected chi connectivity index (χ3v) is 26.4. The highest BCUT2D eigenvalue weighted by Gasteiger charge is 2.23. The Bertz CT molecular complexity index is 7010. The minimum atomic E-state index is -0.234. The molecule has 3 N–H and O–H groups in total. The molecular formula is C102H89ClF4N16OS4. The summed E-state index contributed by atoms with van der Waals surface area (Å²) in [5.41, 5.74) is 35.6. The van der Waals surface area contributed by atoms with Gasteiger partial charge in [0.25, 0.3) is 0 Å². The number of aromatic nitrogens is 9. The number of nitrogens with one attached hydrogen (secondary N) is 3. The first-order valence-electron chi connectivity index (χ1n) is 42.0. The number of likely N-dealkylation sites (N-methyl/N-ethyl adjacent to an activating group) is 2. The van der Waals surface area contributed by atoms with Crippen LogP contribution in [-0.2, 0) is 11.3 Å². The minimum absolute atomic E-state index is 0.194. The third kappa shape index (κ3) is 20.7. The number of pyridine rings is 5. The van der Waals surface area contributed by atoms with Crippen molar-refractivity contribution in [3.8, 4) is 101 Å². The molecule has 128 heavy (non-hydrogen) atoms. The van der Waals surface area contributed by atoms with Gasteiger partial charge >= 0.3 is 0 Å². The van der Waals surface area contributed by atoms with Crippen molar-refractivity contribution in [2.75, 3.05) is 100 Å². The zero-order chi connectivity index (χ0) is 88.3. The first-order valence-corrected chi connectivity index (χ1v) is 45.9. The monoisotopic (exact) mass is 1790 g/mol. The Morgan fingerprint density at radius 2 is 0.742 bits per heavy atom. The van der Waals surface area contributed by atoms with E-state index in [-0.39, 0.29) is 23.3 Å². The van der Waals surface area contributed by atoms with Crippen molar-refractivity contribution >= 4 is 127 Å². The first-order chi connectivity index (χ1) is 62.3. The molecule has 1 amide bonds. The van der Waals surface area contributed by atoms with E-state index in [0.717, 1.165) is 242 Å². The summed E-state index contributed by atoms with van der Waals surface area (Å²) in [4.78, 5) is 61.3. The van der Waals surface area contributed by atoms with Gasteiger partial charge in [-0.05, 0) is 274 Å². The normalized spacial score (nSPS) is 13.1. The SMILES string of the molecule is Cc1cc(-c2ncc(-c3ccc(NC=O)cc3)cc2-c2ccc3ncsc3c2)ccc1F.Cc1cc(-c2ncc(N3CCN(C)CC3)cc2-c2ccc3ncsc3c2)ccc1F.Cc1cc(-c2ncc(NCCCN3CCN(C)CC3)cc2-c2ccc3ncsc3c2)ccc1F.Cc1cc(-c2ncc(NCc3ccc(Cl)nc3)cc2-c2ccc3ncsc3c2)ccc1F. The van der Waals surface area contributed by atoms with Gasteiger partial charge in [-0.3, -0.25) is 24.7 Å². The maximum atomic E-state index is 13.9. The summed E-state index contributed by atoms with van der Waals surface area (Å²) in [6.45, 7) is 18.3. The van der Waals surface area contributed by atoms with Gasteiger partial charge in [0, 0.05) is 134 Å². The van der Waals surface area contributed by atoms with Crippen LogP contribution in [0, 0.1) is 51.0 Å². The van der Waals surface area contributed by atoms with Gasteiger partial charge in [0.1, 0.15) is 28.4 Å². The number of aryl methyl sites for hydroxylation is 4. The highest BCUT2D eigenvalue weighted by molar-refractivity contribution is 7.17. The van der Waals surface area contributed by atoms with Crippen LogP contribution in [-0.4, -0.2) is 146 Å². The minimum Gasteiger partial charge on any atom is -0.384 e. The molecule has 0 atom stereocenters. The number of carbonyl (C=O) groups excluding carboxylic acids is 1. The fourth-order valence-electron chi connectivity index (χ4n) is 15.6. The second-order valence-corrected chi connectivity index (χ2v) is 35.8. The number of rotatable bonds is 20. The molecule has 2 aliphatic rings. The molecule has 20 rings (SSSR count). The molecule has 2 saturated heterocycles. The van der Waals surface area contributed by atoms with E-state index in [9.17, 15) is 22.4 Å². The highest BCUT2D eigenvalue weighted by Crippen LogP contribution is 2.42. The molecule has 0 aliphatic carbocycles. The van der Waals surface area contributed by atoms with Crippen LogP contribution in [0.5, 0.6) is 0 Å². The summed E-state index contributed by atoms with van der Waals surface area (Å²) >= 11 is 12.3. The van der Waals surface area contributed by atoms with Crippen LogP contribution in [0.4, 0.5) is 40.3 Å². The third-order valence-electron chi connectivity index (χ3n) is 23.0. The van der Waals surface area contributed by atoms with E-state index in [1.807, 2.05) is 132 Å². The lowest BCUT2D eigenvalue weighted by atomic mass is 9.95. The molecule has 11 heterocycles. The largest absolute Gasteiger partial charge is 0.384 e. The maximum absolute atomic E-state index is 13.9. The molecule has 0 unspecified atom stereocenters. The summed E-state index contributed by atoms with van der Waals surface area (Å²) in [5, 5.41) is 10.1. The van der Waals surface area contributed by atoms with Crippen LogP contribution in [0.25, 0.3) is 142 Å². The number of fused-ring (bicyclic) bond motifs is 4. The number of hydrogen-bond acceptors (Lipinski definition) is 20. The number of halogens is 5. The lowest BCUT2D eigenvalue weighted by Crippen LogP contribution is -2.44. The van der Waals surface area contributed by atoms with Crippen LogP contribution >= 0.6 is 56.9 Å². The molecule has 0 bridgehead atoms. The Kier molecular flexibility index (Phi) is 27.2. The highest BCUT2D eigenvalue weighted by atomic mass is 35.5. The van der Waals surface area contributed by atoms with Crippen molar-refractivity contribution < 1.29 is 22.4 Å². The fraction of sp³-hybridized carbons (Fsp3) is 0.176. The van der Waals surface area contributed by atoms with E-state index in [0.29, 0.717) is 40.4 Å². The number of amides is 1. The maximum Gasteiger partial charge on any atom is 0.211 e. The predicted molar refractivity (Wildman–Crippen MR) is 520 cm³/mol. The van der Waals surface area contributed by atoms with Gasteiger partial charge in [-0.25, -0.2) is 42.5 Å². The summed E-state index contributed by atoms with van der Waals surface area (Å²) < 4.78 is 60.1. The zero-order valence-electron chi connectivity index (χ0n) is 71.1. The molecule has 9 aromatic heterocycles. The van der Waals surface area contributed by atoms with Crippen molar-refractivity contribution in [1.29, 1.82) is 0 Å². The Labute approximate surface area is 760 Å². The molecule has 9 aromatic carbocycles. The van der Waals surface area contributed by atoms with E-state index in [2.05, 4.69) is 147 Å². The summed E-state index contributed by atoms with van der Waals surface area (Å²) in [7, 11) is 4.35. The zero-order valence-corrected chi connectivity index (χ0v) is 75.2. The number of nitrogens with zero attached hydrogens (tertiary/aromatic N) is 13. The average Bonchev–Trinajstić information content (AvgIpc) is 1.01. The van der Waals surface area contributed by atoms with Gasteiger partial charge in [0.05, 0.1) is 121 Å². The van der Waals surface area contributed by atoms with Gasteiger partial charge in [0.2, 0.25) is 6.41 Å². The predicted octanol–water partition coefficient (Wildman–Crippen LogP) is 24.6. The molecule has 17 nitrogen and oxygen atoms in total. The lowest BCUT2D eigenvalue weighted by Gasteiger charge is -2.34. The molecule has 0 spiro atoms. The Balaban J connectivity index is 0.000000120. The molecule has 0 saturated carbocycles. The number of piperazine rings is 2. The van der Waals surface area contributed by atoms with Gasteiger partial charge in [-0.2, -0.15) is 0 Å². The van der Waals surface area contributed by atoms with Gasteiger partial charge in [-0.15, -0.1) is 45.3 Å². The number of anilines is 4. The molecule has 0 radical (unpaired) electrons. The average molecular weight is 1790 g/mol. The standard InChI is InChI=1S/C27H30FN5S.C26H18FN3OS.C25H18ClFN4S.C24H23FN4S/c1-19-14-21(4-6-24(19)28)27-23(20-5-7-25-26(15-20)34-18-31-25)16-22(17-30-27)29-8-3-9-33-12-10-32(2)11-13-33;1-16-10-19(4-8-23(16)27)26-22(18-5-9-24-25(12-18)32-15-30-24)11-20(13-28-26)17-2-6-21(7-3-17)29-14-31;1-15-8-18(3-5-21(15)27)25-20(17-4-6-22-23(9-17)32-14-31-22)10-19(13-30-25)28-11-16-2-7-24(26)29-12-16;1-16-11-18(3-5-21(16)25)24-20(17-4-6-22-23(12-17)30-15-27-22)13-19(14-26-24)29-9-7-28(2)8-10-29/h4-7,14-18,29H,3,8-13H2,1-2H3;2-15H,1H3,(H,29,31);2-10,12-14,28H,11H2,1H3;3-6,11-15H,7-10H2,1-2H3. The van der Waals surface area contributed by atoms with E-state index < -0.39 is 0 Å². The van der Waals surface area contributed by atoms with E-state index >= 15 is 0 Å². The van der Waals surface area contributed by atoms with Crippen molar-refractivity contribution in [2.45, 2.75) is 40.7 Å². The Morgan fingerprint density at radius 1 is 0.359 bits per heavy atom. The van der Waals surface area contributed by atoms with E-state index in [1.54, 1.807) is 104 Å². The number of benzene rings is 9. The van der Waals surface area contributed by atoms with Crippen molar-refractivity contribution in [3.05, 3.63) is 316 Å². The number of hydrogen-bond donors (Lipinski definition) is 3. The van der Waals surface area contributed by atoms with Gasteiger partial charge in [0.15, 0.2) is 0 Å². The van der Waals surface area contributed by atoms with Crippen molar-refractivity contribution in [3.63, 3.8) is 0 Å². The van der Waals surface area contributed by atoms with E-state index in [1.165, 1.54) is 24.3 Å².